The molecule has 2 N–H and O–H groups in total. The van der Waals surface area contributed by atoms with Crippen LogP contribution < -0.4 is 10.6 Å². The Morgan fingerprint density at radius 1 is 1.10 bits per heavy atom. The minimum Gasteiger partial charge on any atom is -0.399 e. The quantitative estimate of drug-likeness (QED) is 0.742. The molecule has 3 aromatic rings. The molecule has 21 heavy (non-hydrogen) atoms. The fourth-order valence-corrected chi connectivity index (χ4v) is 2.32. The van der Waals surface area contributed by atoms with Gasteiger partial charge in [-0.15, -0.1) is 0 Å². The summed E-state index contributed by atoms with van der Waals surface area (Å²) >= 11 is 0. The van der Waals surface area contributed by atoms with E-state index in [2.05, 4.69) is 19.9 Å². The molecule has 5 nitrogen and oxygen atoms in total. The summed E-state index contributed by atoms with van der Waals surface area (Å²) in [4.78, 5) is 14.9. The second-order valence-corrected chi connectivity index (χ2v) is 5.00. The maximum atomic E-state index is 5.80. The highest BCUT2D eigenvalue weighted by Crippen LogP contribution is 2.23. The maximum absolute atomic E-state index is 5.80. The number of hydrogen-bond donors (Lipinski definition) is 1. The number of aromatic nitrogens is 3. The lowest BCUT2D eigenvalue weighted by Gasteiger charge is -2.19. The van der Waals surface area contributed by atoms with Crippen molar-refractivity contribution in [1.29, 1.82) is 0 Å². The van der Waals surface area contributed by atoms with Crippen molar-refractivity contribution < 1.29 is 0 Å². The number of benzene rings is 1. The third-order valence-corrected chi connectivity index (χ3v) is 3.49. The average molecular weight is 279 g/mol. The monoisotopic (exact) mass is 279 g/mol. The number of likely N-dealkylation sites (N-methyl/N-ethyl adjacent to an activating group) is 1. The second-order valence-electron chi connectivity index (χ2n) is 5.00. The van der Waals surface area contributed by atoms with E-state index in [1.54, 1.807) is 6.33 Å². The van der Waals surface area contributed by atoms with Crippen LogP contribution >= 0.6 is 0 Å². The Hall–Kier alpha value is -2.69. The molecule has 0 aliphatic rings. The van der Waals surface area contributed by atoms with Gasteiger partial charge in [-0.2, -0.15) is 0 Å². The molecule has 2 aromatic heterocycles. The van der Waals surface area contributed by atoms with Crippen LogP contribution in [-0.2, 0) is 6.42 Å². The molecule has 0 bridgehead atoms. The van der Waals surface area contributed by atoms with Gasteiger partial charge in [0.05, 0.1) is 5.52 Å². The topological polar surface area (TPSA) is 67.9 Å². The van der Waals surface area contributed by atoms with Gasteiger partial charge < -0.3 is 10.6 Å². The summed E-state index contributed by atoms with van der Waals surface area (Å²) in [6, 6.07) is 9.80. The van der Waals surface area contributed by atoms with E-state index >= 15 is 0 Å². The standard InChI is InChI=1S/C16H17N5/c1-21(9-6-12-4-7-18-8-5-12)16-14-3-2-13(17)10-15(14)19-11-20-16/h2-5,7-8,10-11H,6,9,17H2,1H3. The molecule has 3 rings (SSSR count). The van der Waals surface area contributed by atoms with Crippen LogP contribution in [-0.4, -0.2) is 28.5 Å². The van der Waals surface area contributed by atoms with Gasteiger partial charge in [0.2, 0.25) is 0 Å². The highest BCUT2D eigenvalue weighted by atomic mass is 15.2. The van der Waals surface area contributed by atoms with Crippen LogP contribution in [0.2, 0.25) is 0 Å². The Bertz CT molecular complexity index is 742. The maximum Gasteiger partial charge on any atom is 0.139 e. The first-order valence-corrected chi connectivity index (χ1v) is 6.84. The van der Waals surface area contributed by atoms with Gasteiger partial charge in [-0.05, 0) is 42.3 Å². The Morgan fingerprint density at radius 2 is 1.90 bits per heavy atom. The van der Waals surface area contributed by atoms with Crippen molar-refractivity contribution >= 4 is 22.4 Å². The van der Waals surface area contributed by atoms with Crippen molar-refractivity contribution in [2.24, 2.45) is 0 Å². The molecular weight excluding hydrogens is 262 g/mol. The SMILES string of the molecule is CN(CCc1ccncc1)c1ncnc2cc(N)ccc12. The van der Waals surface area contributed by atoms with Crippen molar-refractivity contribution in [2.45, 2.75) is 6.42 Å². The number of anilines is 2. The number of nitrogens with two attached hydrogens (primary N) is 1. The number of rotatable bonds is 4. The predicted octanol–water partition coefficient (Wildman–Crippen LogP) is 2.29. The van der Waals surface area contributed by atoms with E-state index in [-0.39, 0.29) is 0 Å². The number of hydrogen-bond acceptors (Lipinski definition) is 5. The highest BCUT2D eigenvalue weighted by molar-refractivity contribution is 5.91. The van der Waals surface area contributed by atoms with Crippen molar-refractivity contribution in [2.75, 3.05) is 24.2 Å². The van der Waals surface area contributed by atoms with Crippen LogP contribution in [0.15, 0.2) is 49.1 Å². The van der Waals surface area contributed by atoms with Crippen LogP contribution in [0.4, 0.5) is 11.5 Å². The van der Waals surface area contributed by atoms with E-state index in [0.29, 0.717) is 5.69 Å². The van der Waals surface area contributed by atoms with Crippen molar-refractivity contribution in [3.63, 3.8) is 0 Å². The summed E-state index contributed by atoms with van der Waals surface area (Å²) in [5.74, 6) is 0.925. The molecule has 0 aliphatic heterocycles. The molecule has 0 saturated carbocycles. The molecule has 5 heteroatoms. The molecule has 106 valence electrons. The molecule has 0 aliphatic carbocycles. The smallest absolute Gasteiger partial charge is 0.139 e. The summed E-state index contributed by atoms with van der Waals surface area (Å²) < 4.78 is 0. The predicted molar refractivity (Wildman–Crippen MR) is 85.2 cm³/mol. The van der Waals surface area contributed by atoms with Gasteiger partial charge in [0.25, 0.3) is 0 Å². The van der Waals surface area contributed by atoms with Crippen molar-refractivity contribution in [1.82, 2.24) is 15.0 Å². The molecular formula is C16H17N5. The van der Waals surface area contributed by atoms with Gasteiger partial charge in [0.15, 0.2) is 0 Å². The highest BCUT2D eigenvalue weighted by Gasteiger charge is 2.08. The van der Waals surface area contributed by atoms with E-state index < -0.39 is 0 Å². The number of fused-ring (bicyclic) bond motifs is 1. The Morgan fingerprint density at radius 3 is 2.71 bits per heavy atom. The normalized spacial score (nSPS) is 10.7. The van der Waals surface area contributed by atoms with Gasteiger partial charge in [-0.1, -0.05) is 0 Å². The van der Waals surface area contributed by atoms with Crippen molar-refractivity contribution in [3.05, 3.63) is 54.6 Å². The molecule has 0 spiro atoms. The van der Waals surface area contributed by atoms with E-state index in [9.17, 15) is 0 Å². The van der Waals surface area contributed by atoms with Crippen LogP contribution in [0.5, 0.6) is 0 Å². The van der Waals surface area contributed by atoms with E-state index in [1.807, 2.05) is 49.8 Å². The van der Waals surface area contributed by atoms with Gasteiger partial charge >= 0.3 is 0 Å². The fraction of sp³-hybridized carbons (Fsp3) is 0.188. The van der Waals surface area contributed by atoms with E-state index in [4.69, 9.17) is 5.73 Å². The van der Waals surface area contributed by atoms with Crippen molar-refractivity contribution in [3.8, 4) is 0 Å². The largest absolute Gasteiger partial charge is 0.399 e. The summed E-state index contributed by atoms with van der Waals surface area (Å²) in [6.07, 6.45) is 6.16. The molecule has 0 atom stereocenters. The molecule has 0 fully saturated rings. The summed E-state index contributed by atoms with van der Waals surface area (Å²) in [7, 11) is 2.04. The Labute approximate surface area is 123 Å². The van der Waals surface area contributed by atoms with Gasteiger partial charge in [-0.25, -0.2) is 9.97 Å². The van der Waals surface area contributed by atoms with E-state index in [0.717, 1.165) is 29.7 Å². The molecule has 0 unspecified atom stereocenters. The lowest BCUT2D eigenvalue weighted by molar-refractivity contribution is 0.860. The molecule has 1 aromatic carbocycles. The average Bonchev–Trinajstić information content (AvgIpc) is 2.52. The lowest BCUT2D eigenvalue weighted by atomic mass is 10.2. The first-order valence-electron chi connectivity index (χ1n) is 6.84. The molecule has 2 heterocycles. The summed E-state index contributed by atoms with van der Waals surface area (Å²) in [5, 5.41) is 1.02. The lowest BCUT2D eigenvalue weighted by Crippen LogP contribution is -2.21. The number of pyridine rings is 1. The molecule has 0 amide bonds. The summed E-state index contributed by atoms with van der Waals surface area (Å²) in [6.45, 7) is 0.875. The van der Waals surface area contributed by atoms with Crippen LogP contribution in [0.3, 0.4) is 0 Å². The summed E-state index contributed by atoms with van der Waals surface area (Å²) in [5.41, 5.74) is 8.65. The third-order valence-electron chi connectivity index (χ3n) is 3.49. The Balaban J connectivity index is 1.83. The molecule has 0 radical (unpaired) electrons. The zero-order chi connectivity index (χ0) is 14.7. The van der Waals surface area contributed by atoms with Gasteiger partial charge in [-0.3, -0.25) is 4.98 Å². The number of nitrogens with zero attached hydrogens (tertiary/aromatic N) is 4. The van der Waals surface area contributed by atoms with Crippen LogP contribution in [0.1, 0.15) is 5.56 Å². The third kappa shape index (κ3) is 2.91. The second kappa shape index (κ2) is 5.75. The Kier molecular flexibility index (Phi) is 3.64. The van der Waals surface area contributed by atoms with Crippen LogP contribution in [0, 0.1) is 0 Å². The van der Waals surface area contributed by atoms with Gasteiger partial charge in [0, 0.05) is 37.1 Å². The first kappa shape index (κ1) is 13.3. The number of nitrogen functional groups attached to an aromatic ring is 1. The van der Waals surface area contributed by atoms with E-state index in [1.165, 1.54) is 5.56 Å². The van der Waals surface area contributed by atoms with Gasteiger partial charge in [0.1, 0.15) is 12.1 Å². The zero-order valence-electron chi connectivity index (χ0n) is 11.9. The molecule has 0 saturated heterocycles. The first-order chi connectivity index (χ1) is 10.2. The zero-order valence-corrected chi connectivity index (χ0v) is 11.9. The minimum atomic E-state index is 0.714. The fourth-order valence-electron chi connectivity index (χ4n) is 2.32. The minimum absolute atomic E-state index is 0.714. The van der Waals surface area contributed by atoms with Crippen LogP contribution in [0.25, 0.3) is 10.9 Å².